The first-order valence-corrected chi connectivity index (χ1v) is 6.07. The molecule has 2 aliphatic heterocycles. The van der Waals surface area contributed by atoms with E-state index in [0.29, 0.717) is 26.3 Å². The number of piperidine rings is 1. The summed E-state index contributed by atoms with van der Waals surface area (Å²) in [5.74, 6) is 0. The monoisotopic (exact) mass is 227 g/mol. The first kappa shape index (κ1) is 11.7. The Bertz CT molecular complexity index is 254. The van der Waals surface area contributed by atoms with Crippen molar-refractivity contribution < 1.29 is 9.53 Å². The van der Waals surface area contributed by atoms with Crippen molar-refractivity contribution in [2.75, 3.05) is 32.8 Å². The van der Waals surface area contributed by atoms with Crippen LogP contribution in [0.1, 0.15) is 19.8 Å². The van der Waals surface area contributed by atoms with Crippen LogP contribution in [-0.2, 0) is 4.74 Å². The van der Waals surface area contributed by atoms with Crippen molar-refractivity contribution in [2.45, 2.75) is 31.8 Å². The van der Waals surface area contributed by atoms with Crippen LogP contribution >= 0.6 is 0 Å². The Morgan fingerprint density at radius 3 is 2.62 bits per heavy atom. The van der Waals surface area contributed by atoms with Gasteiger partial charge in [-0.1, -0.05) is 0 Å². The second-order valence-corrected chi connectivity index (χ2v) is 4.71. The standard InChI is InChI=1S/C11H21N3O2/c1-9-8-10(12)2-3-14(9)11(15)13-4-6-16-7-5-13/h9-10H,2-8,12H2,1H3. The predicted octanol–water partition coefficient (Wildman–Crippen LogP) is 0.250. The van der Waals surface area contributed by atoms with Gasteiger partial charge in [0.2, 0.25) is 0 Å². The quantitative estimate of drug-likeness (QED) is 0.645. The van der Waals surface area contributed by atoms with E-state index in [9.17, 15) is 4.79 Å². The van der Waals surface area contributed by atoms with Gasteiger partial charge in [0.05, 0.1) is 13.2 Å². The first-order valence-electron chi connectivity index (χ1n) is 6.07. The minimum atomic E-state index is 0.155. The van der Waals surface area contributed by atoms with Gasteiger partial charge in [0.15, 0.2) is 0 Å². The van der Waals surface area contributed by atoms with Gasteiger partial charge in [-0.3, -0.25) is 0 Å². The molecule has 0 aromatic carbocycles. The van der Waals surface area contributed by atoms with Gasteiger partial charge in [0, 0.05) is 31.7 Å². The molecule has 2 amide bonds. The average Bonchev–Trinajstić information content (AvgIpc) is 2.29. The number of ether oxygens (including phenoxy) is 1. The van der Waals surface area contributed by atoms with E-state index in [1.807, 2.05) is 9.80 Å². The van der Waals surface area contributed by atoms with E-state index >= 15 is 0 Å². The van der Waals surface area contributed by atoms with Crippen molar-refractivity contribution in [1.29, 1.82) is 0 Å². The highest BCUT2D eigenvalue weighted by Gasteiger charge is 2.30. The van der Waals surface area contributed by atoms with E-state index in [1.165, 1.54) is 0 Å². The van der Waals surface area contributed by atoms with Gasteiger partial charge in [-0.2, -0.15) is 0 Å². The number of amides is 2. The number of nitrogens with two attached hydrogens (primary N) is 1. The lowest BCUT2D eigenvalue weighted by Gasteiger charge is -2.40. The number of morpholine rings is 1. The Morgan fingerprint density at radius 1 is 1.31 bits per heavy atom. The molecular weight excluding hydrogens is 206 g/mol. The Labute approximate surface area is 96.5 Å². The van der Waals surface area contributed by atoms with Gasteiger partial charge < -0.3 is 20.3 Å². The molecule has 0 saturated carbocycles. The number of carbonyl (C=O) groups excluding carboxylic acids is 1. The fourth-order valence-corrected chi connectivity index (χ4v) is 2.43. The molecule has 2 rings (SSSR count). The molecular formula is C11H21N3O2. The minimum Gasteiger partial charge on any atom is -0.378 e. The molecule has 16 heavy (non-hydrogen) atoms. The maximum atomic E-state index is 12.2. The maximum absolute atomic E-state index is 12.2. The van der Waals surface area contributed by atoms with Gasteiger partial charge in [0.25, 0.3) is 0 Å². The van der Waals surface area contributed by atoms with Crippen molar-refractivity contribution in [3.63, 3.8) is 0 Å². The summed E-state index contributed by atoms with van der Waals surface area (Å²) in [5.41, 5.74) is 5.89. The van der Waals surface area contributed by atoms with Crippen LogP contribution in [0.5, 0.6) is 0 Å². The highest BCUT2D eigenvalue weighted by molar-refractivity contribution is 5.75. The first-order chi connectivity index (χ1) is 7.68. The molecule has 2 heterocycles. The molecule has 2 atom stereocenters. The normalized spacial score (nSPS) is 31.6. The largest absolute Gasteiger partial charge is 0.378 e. The third-order valence-corrected chi connectivity index (χ3v) is 3.44. The number of hydrogen-bond acceptors (Lipinski definition) is 3. The summed E-state index contributed by atoms with van der Waals surface area (Å²) in [7, 11) is 0. The molecule has 0 aromatic rings. The van der Waals surface area contributed by atoms with Crippen LogP contribution in [0.3, 0.4) is 0 Å². The van der Waals surface area contributed by atoms with Crippen LogP contribution in [0.2, 0.25) is 0 Å². The molecule has 0 bridgehead atoms. The van der Waals surface area contributed by atoms with Crippen molar-refractivity contribution in [1.82, 2.24) is 9.80 Å². The lowest BCUT2D eigenvalue weighted by atomic mass is 9.99. The van der Waals surface area contributed by atoms with Crippen LogP contribution in [0.25, 0.3) is 0 Å². The summed E-state index contributed by atoms with van der Waals surface area (Å²) in [4.78, 5) is 16.1. The average molecular weight is 227 g/mol. The summed E-state index contributed by atoms with van der Waals surface area (Å²) in [6.07, 6.45) is 1.83. The fraction of sp³-hybridized carbons (Fsp3) is 0.909. The highest BCUT2D eigenvalue weighted by atomic mass is 16.5. The second kappa shape index (κ2) is 5.01. The molecule has 2 unspecified atom stereocenters. The van der Waals surface area contributed by atoms with E-state index in [0.717, 1.165) is 19.4 Å². The lowest BCUT2D eigenvalue weighted by Crippen LogP contribution is -2.55. The summed E-state index contributed by atoms with van der Waals surface area (Å²) >= 11 is 0. The maximum Gasteiger partial charge on any atom is 0.320 e. The van der Waals surface area contributed by atoms with E-state index in [1.54, 1.807) is 0 Å². The molecule has 0 aromatic heterocycles. The van der Waals surface area contributed by atoms with Gasteiger partial charge in [-0.05, 0) is 19.8 Å². The molecule has 2 aliphatic rings. The number of hydrogen-bond donors (Lipinski definition) is 1. The summed E-state index contributed by atoms with van der Waals surface area (Å²) in [5, 5.41) is 0. The highest BCUT2D eigenvalue weighted by Crippen LogP contribution is 2.18. The van der Waals surface area contributed by atoms with Crippen LogP contribution < -0.4 is 5.73 Å². The molecule has 2 N–H and O–H groups in total. The number of likely N-dealkylation sites (tertiary alicyclic amines) is 1. The smallest absolute Gasteiger partial charge is 0.320 e. The molecule has 2 fully saturated rings. The Kier molecular flexibility index (Phi) is 3.66. The fourth-order valence-electron chi connectivity index (χ4n) is 2.43. The summed E-state index contributed by atoms with van der Waals surface area (Å²) in [6, 6.07) is 0.672. The molecule has 92 valence electrons. The molecule has 0 aliphatic carbocycles. The SMILES string of the molecule is CC1CC(N)CCN1C(=O)N1CCOCC1. The zero-order valence-corrected chi connectivity index (χ0v) is 9.89. The topological polar surface area (TPSA) is 58.8 Å². The lowest BCUT2D eigenvalue weighted by molar-refractivity contribution is 0.0359. The Hall–Kier alpha value is -0.810. The van der Waals surface area contributed by atoms with Crippen molar-refractivity contribution >= 4 is 6.03 Å². The van der Waals surface area contributed by atoms with Crippen molar-refractivity contribution in [2.24, 2.45) is 5.73 Å². The number of urea groups is 1. The Morgan fingerprint density at radius 2 is 2.00 bits per heavy atom. The summed E-state index contributed by atoms with van der Waals surface area (Å²) in [6.45, 7) is 5.62. The van der Waals surface area contributed by atoms with Gasteiger partial charge in [-0.15, -0.1) is 0 Å². The summed E-state index contributed by atoms with van der Waals surface area (Å²) < 4.78 is 5.25. The molecule has 5 nitrogen and oxygen atoms in total. The van der Waals surface area contributed by atoms with E-state index in [4.69, 9.17) is 10.5 Å². The van der Waals surface area contributed by atoms with Gasteiger partial charge in [-0.25, -0.2) is 4.79 Å². The van der Waals surface area contributed by atoms with Crippen LogP contribution in [-0.4, -0.2) is 60.8 Å². The zero-order valence-electron chi connectivity index (χ0n) is 9.89. The third kappa shape index (κ3) is 2.47. The van der Waals surface area contributed by atoms with Crippen molar-refractivity contribution in [3.8, 4) is 0 Å². The van der Waals surface area contributed by atoms with Gasteiger partial charge in [0.1, 0.15) is 0 Å². The molecule has 0 radical (unpaired) electrons. The van der Waals surface area contributed by atoms with Crippen LogP contribution in [0, 0.1) is 0 Å². The number of rotatable bonds is 0. The van der Waals surface area contributed by atoms with E-state index in [-0.39, 0.29) is 18.1 Å². The number of nitrogens with zero attached hydrogens (tertiary/aromatic N) is 2. The van der Waals surface area contributed by atoms with Crippen LogP contribution in [0.4, 0.5) is 4.79 Å². The number of carbonyl (C=O) groups is 1. The van der Waals surface area contributed by atoms with Crippen molar-refractivity contribution in [3.05, 3.63) is 0 Å². The predicted molar refractivity (Wildman–Crippen MR) is 61.2 cm³/mol. The molecule has 2 saturated heterocycles. The second-order valence-electron chi connectivity index (χ2n) is 4.71. The van der Waals surface area contributed by atoms with E-state index < -0.39 is 0 Å². The Balaban J connectivity index is 1.92. The molecule has 5 heteroatoms. The zero-order chi connectivity index (χ0) is 11.5. The van der Waals surface area contributed by atoms with Crippen LogP contribution in [0.15, 0.2) is 0 Å². The third-order valence-electron chi connectivity index (χ3n) is 3.44. The minimum absolute atomic E-state index is 0.155. The van der Waals surface area contributed by atoms with E-state index in [2.05, 4.69) is 6.92 Å². The molecule has 0 spiro atoms. The van der Waals surface area contributed by atoms with Gasteiger partial charge >= 0.3 is 6.03 Å².